The van der Waals surface area contributed by atoms with Gasteiger partial charge in [-0.3, -0.25) is 5.10 Å². The van der Waals surface area contributed by atoms with E-state index in [0.29, 0.717) is 10.6 Å². The minimum atomic E-state index is -3.37. The predicted molar refractivity (Wildman–Crippen MR) is 97.8 cm³/mol. The predicted octanol–water partition coefficient (Wildman–Crippen LogP) is 4.45. The van der Waals surface area contributed by atoms with E-state index in [2.05, 4.69) is 17.1 Å². The van der Waals surface area contributed by atoms with Crippen molar-refractivity contribution in [3.8, 4) is 10.6 Å². The van der Waals surface area contributed by atoms with Crippen LogP contribution < -0.4 is 0 Å². The molecule has 1 aromatic carbocycles. The van der Waals surface area contributed by atoms with E-state index in [0.717, 1.165) is 29.8 Å². The Morgan fingerprint density at radius 2 is 1.96 bits per heavy atom. The molecule has 1 N–H and O–H groups in total. The molecular weight excluding hydrogens is 340 g/mol. The van der Waals surface area contributed by atoms with Crippen LogP contribution in [-0.4, -0.2) is 18.6 Å². The molecule has 4 nitrogen and oxygen atoms in total. The second-order valence-corrected chi connectivity index (χ2v) is 8.70. The number of hydrogen-bond donors (Lipinski definition) is 1. The zero-order valence-electron chi connectivity index (χ0n) is 13.5. The topological polar surface area (TPSA) is 62.8 Å². The summed E-state index contributed by atoms with van der Waals surface area (Å²) in [6.07, 6.45) is 3.24. The molecule has 0 radical (unpaired) electrons. The Bertz CT molecular complexity index is 880. The van der Waals surface area contributed by atoms with Crippen molar-refractivity contribution in [1.82, 2.24) is 10.2 Å². The SMILES string of the molecule is CCCCc1ccc(S(=O)(=O)Cc2cc(-c3cccs3)n[nH]2)cc1. The lowest BCUT2D eigenvalue weighted by atomic mass is 10.1. The molecule has 0 aliphatic rings. The normalized spacial score (nSPS) is 11.7. The molecule has 0 spiro atoms. The average molecular weight is 361 g/mol. The summed E-state index contributed by atoms with van der Waals surface area (Å²) < 4.78 is 25.2. The first kappa shape index (κ1) is 16.9. The number of aromatic amines is 1. The van der Waals surface area contributed by atoms with E-state index < -0.39 is 9.84 Å². The lowest BCUT2D eigenvalue weighted by Gasteiger charge is -2.05. The smallest absolute Gasteiger partial charge is 0.184 e. The fourth-order valence-corrected chi connectivity index (χ4v) is 4.48. The monoisotopic (exact) mass is 360 g/mol. The molecule has 0 atom stereocenters. The molecule has 0 saturated carbocycles. The lowest BCUT2D eigenvalue weighted by molar-refractivity contribution is 0.594. The van der Waals surface area contributed by atoms with E-state index in [1.807, 2.05) is 29.6 Å². The highest BCUT2D eigenvalue weighted by molar-refractivity contribution is 7.90. The van der Waals surface area contributed by atoms with E-state index >= 15 is 0 Å². The first-order valence-corrected chi connectivity index (χ1v) is 10.5. The van der Waals surface area contributed by atoms with Crippen molar-refractivity contribution in [1.29, 1.82) is 0 Å². The highest BCUT2D eigenvalue weighted by atomic mass is 32.2. The van der Waals surface area contributed by atoms with Gasteiger partial charge in [0.05, 0.1) is 21.2 Å². The average Bonchev–Trinajstić information content (AvgIpc) is 3.24. The molecular formula is C18H20N2O2S2. The van der Waals surface area contributed by atoms with Crippen molar-refractivity contribution >= 4 is 21.2 Å². The summed E-state index contributed by atoms with van der Waals surface area (Å²) >= 11 is 1.58. The molecule has 0 saturated heterocycles. The maximum Gasteiger partial charge on any atom is 0.184 e. The van der Waals surface area contributed by atoms with Gasteiger partial charge in [-0.25, -0.2) is 8.42 Å². The van der Waals surface area contributed by atoms with Crippen LogP contribution in [0.25, 0.3) is 10.6 Å². The Labute approximate surface area is 146 Å². The minimum Gasteiger partial charge on any atom is -0.281 e. The van der Waals surface area contributed by atoms with Gasteiger partial charge in [0.2, 0.25) is 0 Å². The molecule has 24 heavy (non-hydrogen) atoms. The summed E-state index contributed by atoms with van der Waals surface area (Å²) in [5, 5.41) is 9.01. The Hall–Kier alpha value is -1.92. The van der Waals surface area contributed by atoms with Crippen LogP contribution in [0.4, 0.5) is 0 Å². The third kappa shape index (κ3) is 3.94. The number of sulfone groups is 1. The van der Waals surface area contributed by atoms with Crippen LogP contribution in [0.15, 0.2) is 52.7 Å². The molecule has 0 bridgehead atoms. The molecule has 0 aliphatic carbocycles. The summed E-state index contributed by atoms with van der Waals surface area (Å²) in [4.78, 5) is 1.38. The van der Waals surface area contributed by atoms with Crippen LogP contribution in [0.3, 0.4) is 0 Å². The van der Waals surface area contributed by atoms with Gasteiger partial charge in [0.15, 0.2) is 9.84 Å². The third-order valence-corrected chi connectivity index (χ3v) is 6.43. The van der Waals surface area contributed by atoms with Gasteiger partial charge in [-0.15, -0.1) is 11.3 Å². The van der Waals surface area contributed by atoms with Gasteiger partial charge >= 0.3 is 0 Å². The molecule has 0 fully saturated rings. The number of unbranched alkanes of at least 4 members (excludes halogenated alkanes) is 1. The van der Waals surface area contributed by atoms with Crippen LogP contribution in [0.1, 0.15) is 31.0 Å². The Kier molecular flexibility index (Phi) is 5.16. The van der Waals surface area contributed by atoms with E-state index in [1.165, 1.54) is 5.56 Å². The summed E-state index contributed by atoms with van der Waals surface area (Å²) in [6, 6.07) is 12.9. The summed E-state index contributed by atoms with van der Waals surface area (Å²) in [7, 11) is -3.37. The second-order valence-electron chi connectivity index (χ2n) is 5.76. The van der Waals surface area contributed by atoms with Crippen molar-refractivity contribution in [2.75, 3.05) is 0 Å². The lowest BCUT2D eigenvalue weighted by Crippen LogP contribution is -2.05. The fourth-order valence-electron chi connectivity index (χ4n) is 2.52. The molecule has 2 aromatic heterocycles. The highest BCUT2D eigenvalue weighted by Gasteiger charge is 2.17. The number of benzene rings is 1. The molecule has 126 valence electrons. The van der Waals surface area contributed by atoms with E-state index in [9.17, 15) is 8.42 Å². The van der Waals surface area contributed by atoms with E-state index in [4.69, 9.17) is 0 Å². The van der Waals surface area contributed by atoms with Gasteiger partial charge in [-0.05, 0) is 48.1 Å². The van der Waals surface area contributed by atoms with Crippen molar-refractivity contribution in [2.24, 2.45) is 0 Å². The van der Waals surface area contributed by atoms with Gasteiger partial charge in [0.1, 0.15) is 5.69 Å². The van der Waals surface area contributed by atoms with Crippen molar-refractivity contribution in [3.05, 3.63) is 59.1 Å². The van der Waals surface area contributed by atoms with Crippen LogP contribution in [0, 0.1) is 0 Å². The number of hydrogen-bond acceptors (Lipinski definition) is 4. The van der Waals surface area contributed by atoms with E-state index in [1.54, 1.807) is 29.5 Å². The number of nitrogens with one attached hydrogen (secondary N) is 1. The van der Waals surface area contributed by atoms with Crippen molar-refractivity contribution in [2.45, 2.75) is 36.8 Å². The van der Waals surface area contributed by atoms with Gasteiger partial charge in [-0.2, -0.15) is 5.10 Å². The first-order chi connectivity index (χ1) is 11.6. The van der Waals surface area contributed by atoms with Gasteiger partial charge in [0.25, 0.3) is 0 Å². The molecule has 2 heterocycles. The third-order valence-electron chi connectivity index (χ3n) is 3.85. The molecule has 3 rings (SSSR count). The number of aromatic nitrogens is 2. The Balaban J connectivity index is 1.74. The van der Waals surface area contributed by atoms with Crippen LogP contribution in [0.2, 0.25) is 0 Å². The van der Waals surface area contributed by atoms with Crippen LogP contribution >= 0.6 is 11.3 Å². The minimum absolute atomic E-state index is 0.0698. The Morgan fingerprint density at radius 1 is 1.17 bits per heavy atom. The molecule has 6 heteroatoms. The highest BCUT2D eigenvalue weighted by Crippen LogP contribution is 2.24. The van der Waals surface area contributed by atoms with Gasteiger partial charge < -0.3 is 0 Å². The first-order valence-electron chi connectivity index (χ1n) is 7.98. The van der Waals surface area contributed by atoms with Crippen molar-refractivity contribution < 1.29 is 8.42 Å². The van der Waals surface area contributed by atoms with Crippen molar-refractivity contribution in [3.63, 3.8) is 0 Å². The maximum absolute atomic E-state index is 12.6. The summed E-state index contributed by atoms with van der Waals surface area (Å²) in [5.74, 6) is -0.0698. The molecule has 3 aromatic rings. The second kappa shape index (κ2) is 7.32. The fraction of sp³-hybridized carbons (Fsp3) is 0.278. The van der Waals surface area contributed by atoms with Gasteiger partial charge in [0, 0.05) is 0 Å². The summed E-state index contributed by atoms with van der Waals surface area (Å²) in [6.45, 7) is 2.15. The summed E-state index contributed by atoms with van der Waals surface area (Å²) in [5.41, 5.74) is 2.57. The number of H-pyrrole nitrogens is 1. The number of nitrogens with zero attached hydrogens (tertiary/aromatic N) is 1. The zero-order valence-corrected chi connectivity index (χ0v) is 15.2. The molecule has 0 amide bonds. The number of thiophene rings is 1. The van der Waals surface area contributed by atoms with Gasteiger partial charge in [-0.1, -0.05) is 31.5 Å². The molecule has 0 unspecified atom stereocenters. The Morgan fingerprint density at radius 3 is 2.62 bits per heavy atom. The zero-order chi connectivity index (χ0) is 17.0. The number of aryl methyl sites for hydroxylation is 1. The number of rotatable bonds is 7. The molecule has 0 aliphatic heterocycles. The maximum atomic E-state index is 12.6. The van der Waals surface area contributed by atoms with Crippen LogP contribution in [-0.2, 0) is 22.0 Å². The standard InChI is InChI=1S/C18H20N2O2S2/c1-2-3-5-14-7-9-16(10-8-14)24(21,22)13-15-12-17(20-19-15)18-6-4-11-23-18/h4,6-12H,2-3,5,13H2,1H3,(H,19,20). The largest absolute Gasteiger partial charge is 0.281 e. The van der Waals surface area contributed by atoms with E-state index in [-0.39, 0.29) is 5.75 Å². The quantitative estimate of drug-likeness (QED) is 0.677. The van der Waals surface area contributed by atoms with Crippen LogP contribution in [0.5, 0.6) is 0 Å².